The second-order valence-electron chi connectivity index (χ2n) is 6.15. The van der Waals surface area contributed by atoms with Crippen molar-refractivity contribution < 1.29 is 18.8 Å². The van der Waals surface area contributed by atoms with E-state index < -0.39 is 7.12 Å². The predicted molar refractivity (Wildman–Crippen MR) is 80.0 cm³/mol. The van der Waals surface area contributed by atoms with Gasteiger partial charge in [-0.1, -0.05) is 0 Å². The molecule has 0 saturated carbocycles. The molecule has 5 heteroatoms. The van der Waals surface area contributed by atoms with Crippen LogP contribution < -0.4 is 14.9 Å². The molecular formula is C15H23BO4. The molecule has 0 N–H and O–H groups in total. The Labute approximate surface area is 121 Å². The van der Waals surface area contributed by atoms with Crippen molar-refractivity contribution >= 4 is 12.6 Å². The highest BCUT2D eigenvalue weighted by Gasteiger charge is 2.52. The van der Waals surface area contributed by atoms with E-state index >= 15 is 0 Å². The molecule has 0 radical (unpaired) electrons. The Morgan fingerprint density at radius 3 is 1.85 bits per heavy atom. The Morgan fingerprint density at radius 1 is 0.900 bits per heavy atom. The third kappa shape index (κ3) is 2.40. The Balaban J connectivity index is 2.43. The van der Waals surface area contributed by atoms with Crippen LogP contribution in [0.2, 0.25) is 0 Å². The summed E-state index contributed by atoms with van der Waals surface area (Å²) < 4.78 is 23.0. The lowest BCUT2D eigenvalue weighted by Gasteiger charge is -2.32. The second kappa shape index (κ2) is 4.97. The quantitative estimate of drug-likeness (QED) is 0.795. The highest BCUT2D eigenvalue weighted by molar-refractivity contribution is 6.63. The summed E-state index contributed by atoms with van der Waals surface area (Å²) in [7, 11) is 2.85. The van der Waals surface area contributed by atoms with Crippen LogP contribution in [0.4, 0.5) is 0 Å². The SMILES string of the molecule is COc1cc(B2OC(C)(C)C(C)(C)O2)c(OC)cc1C. The van der Waals surface area contributed by atoms with E-state index in [-0.39, 0.29) is 11.2 Å². The molecule has 0 aromatic heterocycles. The van der Waals surface area contributed by atoms with Gasteiger partial charge >= 0.3 is 7.12 Å². The van der Waals surface area contributed by atoms with Gasteiger partial charge in [-0.25, -0.2) is 0 Å². The lowest BCUT2D eigenvalue weighted by atomic mass is 9.77. The first-order valence-electron chi connectivity index (χ1n) is 6.80. The van der Waals surface area contributed by atoms with E-state index in [0.29, 0.717) is 0 Å². The van der Waals surface area contributed by atoms with Crippen LogP contribution in [0.15, 0.2) is 12.1 Å². The van der Waals surface area contributed by atoms with Crippen molar-refractivity contribution in [1.29, 1.82) is 0 Å². The van der Waals surface area contributed by atoms with Crippen LogP contribution in [-0.2, 0) is 9.31 Å². The lowest BCUT2D eigenvalue weighted by molar-refractivity contribution is 0.00578. The number of aryl methyl sites for hydroxylation is 1. The van der Waals surface area contributed by atoms with Crippen LogP contribution in [0.3, 0.4) is 0 Å². The molecule has 1 saturated heterocycles. The Bertz CT molecular complexity index is 495. The van der Waals surface area contributed by atoms with Gasteiger partial charge in [0.1, 0.15) is 11.5 Å². The van der Waals surface area contributed by atoms with Gasteiger partial charge in [-0.2, -0.15) is 0 Å². The monoisotopic (exact) mass is 278 g/mol. The van der Waals surface area contributed by atoms with Crippen LogP contribution in [0, 0.1) is 6.92 Å². The summed E-state index contributed by atoms with van der Waals surface area (Å²) in [6, 6.07) is 3.87. The van der Waals surface area contributed by atoms with Crippen molar-refractivity contribution in [3.05, 3.63) is 17.7 Å². The van der Waals surface area contributed by atoms with Crippen LogP contribution in [-0.4, -0.2) is 32.5 Å². The number of rotatable bonds is 3. The lowest BCUT2D eigenvalue weighted by Crippen LogP contribution is -2.41. The van der Waals surface area contributed by atoms with E-state index in [1.165, 1.54) is 0 Å². The fraction of sp³-hybridized carbons (Fsp3) is 0.600. The molecule has 0 spiro atoms. The Morgan fingerprint density at radius 2 is 1.40 bits per heavy atom. The van der Waals surface area contributed by atoms with Crippen LogP contribution >= 0.6 is 0 Å². The van der Waals surface area contributed by atoms with Gasteiger partial charge in [-0.15, -0.1) is 0 Å². The summed E-state index contributed by atoms with van der Waals surface area (Å²) in [6.45, 7) is 10.1. The summed E-state index contributed by atoms with van der Waals surface area (Å²) in [6.07, 6.45) is 0. The van der Waals surface area contributed by atoms with Gasteiger partial charge in [0.15, 0.2) is 0 Å². The van der Waals surface area contributed by atoms with Gasteiger partial charge in [0, 0.05) is 5.46 Å². The first-order valence-corrected chi connectivity index (χ1v) is 6.80. The molecule has 1 aliphatic rings. The third-order valence-corrected chi connectivity index (χ3v) is 4.25. The summed E-state index contributed by atoms with van der Waals surface area (Å²) in [5.41, 5.74) is 1.12. The summed E-state index contributed by atoms with van der Waals surface area (Å²) in [4.78, 5) is 0. The largest absolute Gasteiger partial charge is 0.498 e. The van der Waals surface area contributed by atoms with Crippen molar-refractivity contribution in [3.8, 4) is 11.5 Å². The molecule has 1 heterocycles. The summed E-state index contributed by atoms with van der Waals surface area (Å²) in [5.74, 6) is 1.55. The number of hydrogen-bond donors (Lipinski definition) is 0. The number of benzene rings is 1. The van der Waals surface area contributed by atoms with E-state index in [9.17, 15) is 0 Å². The van der Waals surface area contributed by atoms with E-state index in [1.54, 1.807) is 14.2 Å². The molecule has 1 aromatic rings. The highest BCUT2D eigenvalue weighted by atomic mass is 16.7. The van der Waals surface area contributed by atoms with Gasteiger partial charge in [-0.3, -0.25) is 0 Å². The molecule has 1 aliphatic heterocycles. The third-order valence-electron chi connectivity index (χ3n) is 4.25. The second-order valence-corrected chi connectivity index (χ2v) is 6.15. The standard InChI is InChI=1S/C15H23BO4/c1-10-8-13(18-7)11(9-12(10)17-6)16-19-14(2,3)15(4,5)20-16/h8-9H,1-7H3. The van der Waals surface area contributed by atoms with Crippen LogP contribution in [0.1, 0.15) is 33.3 Å². The zero-order valence-electron chi connectivity index (χ0n) is 13.4. The summed E-state index contributed by atoms with van der Waals surface area (Å²) >= 11 is 0. The fourth-order valence-corrected chi connectivity index (χ4v) is 2.23. The van der Waals surface area contributed by atoms with Crippen molar-refractivity contribution in [2.45, 2.75) is 45.8 Å². The van der Waals surface area contributed by atoms with E-state index in [0.717, 1.165) is 22.5 Å². The maximum atomic E-state index is 6.07. The molecule has 1 aromatic carbocycles. The molecule has 0 aliphatic carbocycles. The number of methoxy groups -OCH3 is 2. The normalized spacial score (nSPS) is 20.1. The van der Waals surface area contributed by atoms with Gasteiger partial charge in [0.2, 0.25) is 0 Å². The van der Waals surface area contributed by atoms with Gasteiger partial charge in [0.25, 0.3) is 0 Å². The Hall–Kier alpha value is -1.20. The zero-order valence-corrected chi connectivity index (χ0v) is 13.4. The van der Waals surface area contributed by atoms with Gasteiger partial charge in [0.05, 0.1) is 25.4 Å². The average molecular weight is 278 g/mol. The van der Waals surface area contributed by atoms with E-state index in [2.05, 4.69) is 0 Å². The molecule has 4 nitrogen and oxygen atoms in total. The van der Waals surface area contributed by atoms with Gasteiger partial charge in [-0.05, 0) is 52.3 Å². The molecular weight excluding hydrogens is 255 g/mol. The molecule has 0 unspecified atom stereocenters. The average Bonchev–Trinajstić information content (AvgIpc) is 2.57. The molecule has 0 bridgehead atoms. The molecule has 0 amide bonds. The first kappa shape index (κ1) is 15.2. The van der Waals surface area contributed by atoms with E-state index in [1.807, 2.05) is 46.8 Å². The van der Waals surface area contributed by atoms with Crippen molar-refractivity contribution in [3.63, 3.8) is 0 Å². The highest BCUT2D eigenvalue weighted by Crippen LogP contribution is 2.37. The molecule has 110 valence electrons. The summed E-state index contributed by atoms with van der Waals surface area (Å²) in [5, 5.41) is 0. The number of ether oxygens (including phenoxy) is 2. The maximum absolute atomic E-state index is 6.07. The maximum Gasteiger partial charge on any atom is 0.498 e. The zero-order chi connectivity index (χ0) is 15.1. The Kier molecular flexibility index (Phi) is 3.78. The molecule has 1 fully saturated rings. The predicted octanol–water partition coefficient (Wildman–Crippen LogP) is 2.31. The number of hydrogen-bond acceptors (Lipinski definition) is 4. The minimum absolute atomic E-state index is 0.374. The minimum Gasteiger partial charge on any atom is -0.497 e. The van der Waals surface area contributed by atoms with Gasteiger partial charge < -0.3 is 18.8 Å². The molecule has 0 atom stereocenters. The minimum atomic E-state index is -0.454. The van der Waals surface area contributed by atoms with Crippen molar-refractivity contribution in [1.82, 2.24) is 0 Å². The first-order chi connectivity index (χ1) is 9.21. The van der Waals surface area contributed by atoms with Crippen molar-refractivity contribution in [2.75, 3.05) is 14.2 Å². The van der Waals surface area contributed by atoms with Crippen LogP contribution in [0.25, 0.3) is 0 Å². The van der Waals surface area contributed by atoms with Crippen molar-refractivity contribution in [2.24, 2.45) is 0 Å². The van der Waals surface area contributed by atoms with E-state index in [4.69, 9.17) is 18.8 Å². The molecule has 20 heavy (non-hydrogen) atoms. The smallest absolute Gasteiger partial charge is 0.497 e. The van der Waals surface area contributed by atoms with Crippen LogP contribution in [0.5, 0.6) is 11.5 Å². The molecule has 2 rings (SSSR count). The topological polar surface area (TPSA) is 36.9 Å². The fourth-order valence-electron chi connectivity index (χ4n) is 2.23.